The molecule has 0 aliphatic heterocycles. The van der Waals surface area contributed by atoms with E-state index in [1.165, 1.54) is 4.68 Å². The van der Waals surface area contributed by atoms with Gasteiger partial charge in [-0.05, 0) is 29.0 Å². The van der Waals surface area contributed by atoms with E-state index >= 15 is 0 Å². The molecule has 2 aromatic rings. The van der Waals surface area contributed by atoms with Crippen molar-refractivity contribution in [3.05, 3.63) is 30.3 Å². The SMILES string of the molecule is CCCNC(=O)NC(=O)CSc1nnnn1-c1ccccc1. The first-order chi connectivity index (χ1) is 10.7. The predicted molar refractivity (Wildman–Crippen MR) is 81.7 cm³/mol. The zero-order chi connectivity index (χ0) is 15.8. The largest absolute Gasteiger partial charge is 0.338 e. The van der Waals surface area contributed by atoms with Gasteiger partial charge in [-0.3, -0.25) is 10.1 Å². The molecule has 0 saturated heterocycles. The second-order valence-electron chi connectivity index (χ2n) is 4.30. The van der Waals surface area contributed by atoms with Crippen LogP contribution in [0.5, 0.6) is 0 Å². The topological polar surface area (TPSA) is 102 Å². The van der Waals surface area contributed by atoms with Gasteiger partial charge in [0.25, 0.3) is 0 Å². The highest BCUT2D eigenvalue weighted by atomic mass is 32.2. The zero-order valence-corrected chi connectivity index (χ0v) is 12.8. The molecular formula is C13H16N6O2S. The van der Waals surface area contributed by atoms with Crippen LogP contribution in [-0.2, 0) is 4.79 Å². The summed E-state index contributed by atoms with van der Waals surface area (Å²) >= 11 is 1.16. The molecule has 0 saturated carbocycles. The molecule has 2 rings (SSSR count). The summed E-state index contributed by atoms with van der Waals surface area (Å²) in [6.07, 6.45) is 0.808. The number of carbonyl (C=O) groups excluding carboxylic acids is 2. The van der Waals surface area contributed by atoms with Gasteiger partial charge in [-0.15, -0.1) is 5.10 Å². The lowest BCUT2D eigenvalue weighted by Gasteiger charge is -2.05. The van der Waals surface area contributed by atoms with Crippen molar-refractivity contribution in [3.63, 3.8) is 0 Å². The van der Waals surface area contributed by atoms with Gasteiger partial charge in [-0.25, -0.2) is 4.79 Å². The lowest BCUT2D eigenvalue weighted by Crippen LogP contribution is -2.40. The molecule has 1 aromatic carbocycles. The van der Waals surface area contributed by atoms with Crippen LogP contribution in [0, 0.1) is 0 Å². The summed E-state index contributed by atoms with van der Waals surface area (Å²) in [6.45, 7) is 2.46. The minimum absolute atomic E-state index is 0.0484. The Balaban J connectivity index is 1.89. The number of tetrazole rings is 1. The van der Waals surface area contributed by atoms with Crippen molar-refractivity contribution >= 4 is 23.7 Å². The molecule has 1 aromatic heterocycles. The van der Waals surface area contributed by atoms with Crippen molar-refractivity contribution in [1.82, 2.24) is 30.8 Å². The maximum atomic E-state index is 11.7. The Bertz CT molecular complexity index is 630. The predicted octanol–water partition coefficient (Wildman–Crippen LogP) is 0.990. The number of nitrogens with one attached hydrogen (secondary N) is 2. The van der Waals surface area contributed by atoms with E-state index < -0.39 is 11.9 Å². The van der Waals surface area contributed by atoms with E-state index in [9.17, 15) is 9.59 Å². The standard InChI is InChI=1S/C13H16N6O2S/c1-2-8-14-12(21)15-11(20)9-22-13-16-17-18-19(13)10-6-4-3-5-7-10/h3-7H,2,8-9H2,1H3,(H2,14,15,20,21). The summed E-state index contributed by atoms with van der Waals surface area (Å²) in [5.41, 5.74) is 0.802. The zero-order valence-electron chi connectivity index (χ0n) is 12.0. The fourth-order valence-corrected chi connectivity index (χ4v) is 2.27. The van der Waals surface area contributed by atoms with E-state index in [-0.39, 0.29) is 5.75 Å². The molecule has 116 valence electrons. The number of nitrogens with zero attached hydrogens (tertiary/aromatic N) is 4. The highest BCUT2D eigenvalue weighted by Crippen LogP contribution is 2.17. The third-order valence-electron chi connectivity index (χ3n) is 2.56. The van der Waals surface area contributed by atoms with E-state index in [0.717, 1.165) is 23.9 Å². The van der Waals surface area contributed by atoms with Crippen LogP contribution in [0.1, 0.15) is 13.3 Å². The number of aromatic nitrogens is 4. The first kappa shape index (κ1) is 16.0. The van der Waals surface area contributed by atoms with Gasteiger partial charge in [0.15, 0.2) is 0 Å². The number of hydrogen-bond acceptors (Lipinski definition) is 6. The highest BCUT2D eigenvalue weighted by molar-refractivity contribution is 7.99. The number of para-hydroxylation sites is 1. The molecular weight excluding hydrogens is 304 g/mol. The molecule has 0 radical (unpaired) electrons. The Labute approximate surface area is 131 Å². The third kappa shape index (κ3) is 4.55. The van der Waals surface area contributed by atoms with Gasteiger partial charge >= 0.3 is 6.03 Å². The van der Waals surface area contributed by atoms with Crippen LogP contribution in [0.2, 0.25) is 0 Å². The number of imide groups is 1. The first-order valence-electron chi connectivity index (χ1n) is 6.75. The molecule has 0 aliphatic rings. The Morgan fingerprint density at radius 3 is 2.77 bits per heavy atom. The Morgan fingerprint density at radius 2 is 2.05 bits per heavy atom. The van der Waals surface area contributed by atoms with Crippen LogP contribution in [0.15, 0.2) is 35.5 Å². The smallest absolute Gasteiger partial charge is 0.321 e. The lowest BCUT2D eigenvalue weighted by molar-refractivity contribution is -0.117. The summed E-state index contributed by atoms with van der Waals surface area (Å²) in [5.74, 6) is -0.353. The van der Waals surface area contributed by atoms with Crippen LogP contribution in [0.4, 0.5) is 4.79 Å². The van der Waals surface area contributed by atoms with Gasteiger partial charge < -0.3 is 5.32 Å². The van der Waals surface area contributed by atoms with E-state index in [0.29, 0.717) is 11.7 Å². The van der Waals surface area contributed by atoms with Crippen LogP contribution in [-0.4, -0.2) is 44.4 Å². The molecule has 0 aliphatic carbocycles. The second-order valence-corrected chi connectivity index (χ2v) is 5.24. The fourth-order valence-electron chi connectivity index (χ4n) is 1.58. The van der Waals surface area contributed by atoms with Crippen molar-refractivity contribution in [3.8, 4) is 5.69 Å². The van der Waals surface area contributed by atoms with Gasteiger partial charge in [-0.2, -0.15) is 4.68 Å². The number of carbonyl (C=O) groups is 2. The van der Waals surface area contributed by atoms with E-state index in [1.54, 1.807) is 0 Å². The Morgan fingerprint density at radius 1 is 1.27 bits per heavy atom. The second kappa shape index (κ2) is 8.13. The first-order valence-corrected chi connectivity index (χ1v) is 7.73. The average Bonchev–Trinajstić information content (AvgIpc) is 3.00. The third-order valence-corrected chi connectivity index (χ3v) is 3.48. The van der Waals surface area contributed by atoms with E-state index in [4.69, 9.17) is 0 Å². The summed E-state index contributed by atoms with van der Waals surface area (Å²) in [6, 6.07) is 8.86. The van der Waals surface area contributed by atoms with Gasteiger partial charge in [-0.1, -0.05) is 36.9 Å². The number of hydrogen-bond donors (Lipinski definition) is 2. The molecule has 0 unspecified atom stereocenters. The minimum atomic E-state index is -0.491. The normalized spacial score (nSPS) is 10.2. The monoisotopic (exact) mass is 320 g/mol. The lowest BCUT2D eigenvalue weighted by atomic mass is 10.3. The van der Waals surface area contributed by atoms with Gasteiger partial charge in [0.2, 0.25) is 11.1 Å². The van der Waals surface area contributed by atoms with E-state index in [1.807, 2.05) is 37.3 Å². The molecule has 1 heterocycles. The maximum Gasteiger partial charge on any atom is 0.321 e. The number of thioether (sulfide) groups is 1. The quantitative estimate of drug-likeness (QED) is 0.770. The molecule has 0 bridgehead atoms. The molecule has 0 fully saturated rings. The molecule has 0 spiro atoms. The summed E-state index contributed by atoms with van der Waals surface area (Å²) in [5, 5.41) is 16.7. The maximum absolute atomic E-state index is 11.7. The van der Waals surface area contributed by atoms with Gasteiger partial charge in [0, 0.05) is 6.54 Å². The van der Waals surface area contributed by atoms with Crippen LogP contribution < -0.4 is 10.6 Å². The number of rotatable bonds is 6. The molecule has 9 heteroatoms. The molecule has 2 N–H and O–H groups in total. The van der Waals surface area contributed by atoms with Gasteiger partial charge in [0.1, 0.15) is 0 Å². The molecule has 0 atom stereocenters. The molecule has 8 nitrogen and oxygen atoms in total. The Hall–Kier alpha value is -2.42. The van der Waals surface area contributed by atoms with E-state index in [2.05, 4.69) is 26.2 Å². The fraction of sp³-hybridized carbons (Fsp3) is 0.308. The van der Waals surface area contributed by atoms with Crippen molar-refractivity contribution in [2.45, 2.75) is 18.5 Å². The van der Waals surface area contributed by atoms with Crippen molar-refractivity contribution in [1.29, 1.82) is 0 Å². The van der Waals surface area contributed by atoms with Crippen LogP contribution in [0.3, 0.4) is 0 Å². The minimum Gasteiger partial charge on any atom is -0.338 e. The molecule has 22 heavy (non-hydrogen) atoms. The number of urea groups is 1. The summed E-state index contributed by atoms with van der Waals surface area (Å²) < 4.78 is 1.54. The summed E-state index contributed by atoms with van der Waals surface area (Å²) in [7, 11) is 0. The Kier molecular flexibility index (Phi) is 5.90. The van der Waals surface area contributed by atoms with Crippen LogP contribution >= 0.6 is 11.8 Å². The van der Waals surface area contributed by atoms with Crippen LogP contribution in [0.25, 0.3) is 5.69 Å². The average molecular weight is 320 g/mol. The summed E-state index contributed by atoms with van der Waals surface area (Å²) in [4.78, 5) is 23.1. The molecule has 3 amide bonds. The van der Waals surface area contributed by atoms with Crippen molar-refractivity contribution < 1.29 is 9.59 Å². The highest BCUT2D eigenvalue weighted by Gasteiger charge is 2.12. The van der Waals surface area contributed by atoms with Crippen molar-refractivity contribution in [2.24, 2.45) is 0 Å². The number of benzene rings is 1. The number of amides is 3. The van der Waals surface area contributed by atoms with Crippen molar-refractivity contribution in [2.75, 3.05) is 12.3 Å². The van der Waals surface area contributed by atoms with Gasteiger partial charge in [0.05, 0.1) is 11.4 Å².